The molecular formula is C19H16F2N2O4. The zero-order valence-corrected chi connectivity index (χ0v) is 14.3. The summed E-state index contributed by atoms with van der Waals surface area (Å²) in [5.74, 6) is 1.06. The van der Waals surface area contributed by atoms with Crippen LogP contribution < -0.4 is 20.1 Å². The van der Waals surface area contributed by atoms with Gasteiger partial charge in [0, 0.05) is 5.56 Å². The highest BCUT2D eigenvalue weighted by molar-refractivity contribution is 6.09. The number of nitrogens with one attached hydrogen (secondary N) is 2. The Morgan fingerprint density at radius 2 is 1.89 bits per heavy atom. The molecule has 0 radical (unpaired) electrons. The van der Waals surface area contributed by atoms with Crippen LogP contribution in [0.5, 0.6) is 11.5 Å². The van der Waals surface area contributed by atoms with Crippen LogP contribution in [0.3, 0.4) is 0 Å². The Kier molecular flexibility index (Phi) is 6.72. The van der Waals surface area contributed by atoms with E-state index in [2.05, 4.69) is 21.3 Å². The van der Waals surface area contributed by atoms with Crippen LogP contribution in [-0.4, -0.2) is 32.1 Å². The second-order valence-corrected chi connectivity index (χ2v) is 5.13. The molecule has 0 spiro atoms. The van der Waals surface area contributed by atoms with Crippen LogP contribution in [0, 0.1) is 12.3 Å². The van der Waals surface area contributed by atoms with Crippen molar-refractivity contribution in [1.82, 2.24) is 5.32 Å². The molecule has 0 heterocycles. The van der Waals surface area contributed by atoms with Crippen LogP contribution >= 0.6 is 0 Å². The molecule has 8 heteroatoms. The summed E-state index contributed by atoms with van der Waals surface area (Å²) in [4.78, 5) is 24.6. The highest BCUT2D eigenvalue weighted by atomic mass is 19.3. The number of para-hydroxylation sites is 1. The number of terminal acetylenes is 1. The molecule has 6 nitrogen and oxygen atoms in total. The first kappa shape index (κ1) is 19.7. The number of ether oxygens (including phenoxy) is 2. The van der Waals surface area contributed by atoms with E-state index in [1.165, 1.54) is 31.4 Å². The fourth-order valence-electron chi connectivity index (χ4n) is 2.21. The third-order valence-corrected chi connectivity index (χ3v) is 3.41. The van der Waals surface area contributed by atoms with Gasteiger partial charge in [-0.15, -0.1) is 6.42 Å². The molecule has 2 N–H and O–H groups in total. The Labute approximate surface area is 154 Å². The number of carbonyl (C=O) groups excluding carboxylic acids is 2. The first-order valence-corrected chi connectivity index (χ1v) is 7.71. The molecule has 0 saturated heterocycles. The van der Waals surface area contributed by atoms with Crippen molar-refractivity contribution in [2.45, 2.75) is 6.61 Å². The van der Waals surface area contributed by atoms with Gasteiger partial charge in [-0.2, -0.15) is 8.78 Å². The zero-order chi connectivity index (χ0) is 19.8. The smallest absolute Gasteiger partial charge is 0.387 e. The van der Waals surface area contributed by atoms with Crippen molar-refractivity contribution in [3.05, 3.63) is 53.6 Å². The summed E-state index contributed by atoms with van der Waals surface area (Å²) in [6, 6.07) is 10.1. The molecule has 0 bridgehead atoms. The zero-order valence-electron chi connectivity index (χ0n) is 14.3. The van der Waals surface area contributed by atoms with Crippen LogP contribution in [0.1, 0.15) is 20.7 Å². The normalized spacial score (nSPS) is 10.0. The summed E-state index contributed by atoms with van der Waals surface area (Å²) >= 11 is 0. The first-order valence-electron chi connectivity index (χ1n) is 7.71. The SMILES string of the molecule is C#CCNC(=O)c1ccccc1NC(=O)c1ccc(OC(F)F)c(OC)c1. The minimum atomic E-state index is -3.02. The molecule has 27 heavy (non-hydrogen) atoms. The van der Waals surface area contributed by atoms with Gasteiger partial charge in [0.1, 0.15) is 0 Å². The van der Waals surface area contributed by atoms with Crippen molar-refractivity contribution in [3.63, 3.8) is 0 Å². The first-order chi connectivity index (χ1) is 13.0. The number of methoxy groups -OCH3 is 1. The van der Waals surface area contributed by atoms with Crippen molar-refractivity contribution in [2.75, 3.05) is 19.0 Å². The van der Waals surface area contributed by atoms with Gasteiger partial charge >= 0.3 is 6.61 Å². The fourth-order valence-corrected chi connectivity index (χ4v) is 2.21. The Bertz CT molecular complexity index is 878. The van der Waals surface area contributed by atoms with Crippen LogP contribution in [0.15, 0.2) is 42.5 Å². The minimum Gasteiger partial charge on any atom is -0.493 e. The maximum Gasteiger partial charge on any atom is 0.387 e. The molecule has 2 rings (SSSR count). The van der Waals surface area contributed by atoms with Gasteiger partial charge in [0.05, 0.1) is 24.9 Å². The second kappa shape index (κ2) is 9.20. The number of hydrogen-bond acceptors (Lipinski definition) is 4. The average Bonchev–Trinajstić information content (AvgIpc) is 2.66. The molecule has 140 valence electrons. The highest BCUT2D eigenvalue weighted by Gasteiger charge is 2.16. The van der Waals surface area contributed by atoms with E-state index in [1.807, 2.05) is 0 Å². The largest absolute Gasteiger partial charge is 0.493 e. The topological polar surface area (TPSA) is 76.7 Å². The minimum absolute atomic E-state index is 0.0250. The predicted octanol–water partition coefficient (Wildman–Crippen LogP) is 2.91. The molecule has 2 aromatic rings. The van der Waals surface area contributed by atoms with Crippen molar-refractivity contribution < 1.29 is 27.8 Å². The van der Waals surface area contributed by atoms with Gasteiger partial charge in [-0.25, -0.2) is 0 Å². The quantitative estimate of drug-likeness (QED) is 0.731. The lowest BCUT2D eigenvalue weighted by Crippen LogP contribution is -2.25. The number of rotatable bonds is 7. The molecule has 0 atom stereocenters. The lowest BCUT2D eigenvalue weighted by Gasteiger charge is -2.13. The average molecular weight is 374 g/mol. The highest BCUT2D eigenvalue weighted by Crippen LogP contribution is 2.30. The Balaban J connectivity index is 2.23. The van der Waals surface area contributed by atoms with Gasteiger partial charge in [-0.3, -0.25) is 9.59 Å². The van der Waals surface area contributed by atoms with E-state index < -0.39 is 18.4 Å². The van der Waals surface area contributed by atoms with E-state index in [0.29, 0.717) is 0 Å². The van der Waals surface area contributed by atoms with E-state index in [0.717, 1.165) is 0 Å². The van der Waals surface area contributed by atoms with E-state index in [4.69, 9.17) is 11.2 Å². The number of hydrogen-bond donors (Lipinski definition) is 2. The lowest BCUT2D eigenvalue weighted by atomic mass is 10.1. The maximum atomic E-state index is 12.5. The molecule has 0 aliphatic heterocycles. The van der Waals surface area contributed by atoms with E-state index >= 15 is 0 Å². The summed E-state index contributed by atoms with van der Waals surface area (Å²) in [7, 11) is 1.26. The standard InChI is InChI=1S/C19H16F2N2O4/c1-3-10-22-18(25)13-6-4-5-7-14(13)23-17(24)12-8-9-15(27-19(20)21)16(11-12)26-2/h1,4-9,11,19H,10H2,2H3,(H,22,25)(H,23,24). The van der Waals surface area contributed by atoms with Gasteiger partial charge in [-0.1, -0.05) is 18.1 Å². The second-order valence-electron chi connectivity index (χ2n) is 5.13. The summed E-state index contributed by atoms with van der Waals surface area (Å²) in [6.45, 7) is -2.98. The molecule has 0 aliphatic carbocycles. The van der Waals surface area contributed by atoms with Gasteiger partial charge in [0.25, 0.3) is 11.8 Å². The summed E-state index contributed by atoms with van der Waals surface area (Å²) in [5, 5.41) is 5.11. The lowest BCUT2D eigenvalue weighted by molar-refractivity contribution is -0.0512. The number of alkyl halides is 2. The van der Waals surface area contributed by atoms with E-state index in [9.17, 15) is 18.4 Å². The van der Waals surface area contributed by atoms with Crippen LogP contribution in [0.2, 0.25) is 0 Å². The molecule has 2 aromatic carbocycles. The van der Waals surface area contributed by atoms with Crippen molar-refractivity contribution in [3.8, 4) is 23.8 Å². The van der Waals surface area contributed by atoms with Crippen molar-refractivity contribution >= 4 is 17.5 Å². The maximum absolute atomic E-state index is 12.5. The van der Waals surface area contributed by atoms with Gasteiger partial charge in [0.15, 0.2) is 11.5 Å². The predicted molar refractivity (Wildman–Crippen MR) is 95.2 cm³/mol. The van der Waals surface area contributed by atoms with Crippen LogP contribution in [-0.2, 0) is 0 Å². The number of anilines is 1. The molecule has 0 fully saturated rings. The molecule has 0 saturated carbocycles. The Hall–Kier alpha value is -3.60. The number of halogens is 2. The van der Waals surface area contributed by atoms with Gasteiger partial charge in [0.2, 0.25) is 0 Å². The third kappa shape index (κ3) is 5.19. The van der Waals surface area contributed by atoms with Gasteiger partial charge < -0.3 is 20.1 Å². The molecule has 0 unspecified atom stereocenters. The number of carbonyl (C=O) groups is 2. The summed E-state index contributed by atoms with van der Waals surface area (Å²) < 4.78 is 34.1. The molecule has 0 aliphatic rings. The monoisotopic (exact) mass is 374 g/mol. The van der Waals surface area contributed by atoms with Crippen LogP contribution in [0.4, 0.5) is 14.5 Å². The molecular weight excluding hydrogens is 358 g/mol. The number of amides is 2. The Morgan fingerprint density at radius 3 is 2.56 bits per heavy atom. The Morgan fingerprint density at radius 1 is 1.15 bits per heavy atom. The van der Waals surface area contributed by atoms with Gasteiger partial charge in [-0.05, 0) is 30.3 Å². The van der Waals surface area contributed by atoms with Crippen LogP contribution in [0.25, 0.3) is 0 Å². The fraction of sp³-hybridized carbons (Fsp3) is 0.158. The molecule has 2 amide bonds. The number of benzene rings is 2. The third-order valence-electron chi connectivity index (χ3n) is 3.41. The van der Waals surface area contributed by atoms with Crippen molar-refractivity contribution in [2.24, 2.45) is 0 Å². The summed E-state index contributed by atoms with van der Waals surface area (Å²) in [5.41, 5.74) is 0.627. The van der Waals surface area contributed by atoms with Crippen molar-refractivity contribution in [1.29, 1.82) is 0 Å². The van der Waals surface area contributed by atoms with E-state index in [1.54, 1.807) is 18.2 Å². The molecule has 0 aromatic heterocycles. The van der Waals surface area contributed by atoms with E-state index in [-0.39, 0.29) is 34.9 Å². The summed E-state index contributed by atoms with van der Waals surface area (Å²) in [6.07, 6.45) is 5.12.